The molecule has 0 radical (unpaired) electrons. The van der Waals surface area contributed by atoms with Crippen LogP contribution in [0.3, 0.4) is 0 Å². The van der Waals surface area contributed by atoms with Crippen molar-refractivity contribution in [3.8, 4) is 22.6 Å². The number of nitrogens with zero attached hydrogens (tertiary/aromatic N) is 1. The van der Waals surface area contributed by atoms with Crippen LogP contribution in [0.1, 0.15) is 117 Å². The summed E-state index contributed by atoms with van der Waals surface area (Å²) in [6, 6.07) is 31.1. The summed E-state index contributed by atoms with van der Waals surface area (Å²) in [5.41, 5.74) is 2.00. The molecule has 1 aromatic heterocycles. The van der Waals surface area contributed by atoms with Gasteiger partial charge in [0.25, 0.3) is 5.91 Å². The van der Waals surface area contributed by atoms with Gasteiger partial charge in [0.2, 0.25) is 17.7 Å². The Bertz CT molecular complexity index is 2860. The number of carbonyl (C=O) groups excluding carboxylic acids is 4. The second-order valence-corrected chi connectivity index (χ2v) is 21.0. The third-order valence-corrected chi connectivity index (χ3v) is 12.6. The van der Waals surface area contributed by atoms with Crippen molar-refractivity contribution < 1.29 is 37.8 Å². The van der Waals surface area contributed by atoms with Gasteiger partial charge in [0, 0.05) is 37.7 Å². The van der Waals surface area contributed by atoms with Crippen LogP contribution in [0.5, 0.6) is 11.5 Å². The number of amides is 4. The summed E-state index contributed by atoms with van der Waals surface area (Å²) in [5.74, 6) is 1.29. The van der Waals surface area contributed by atoms with Crippen LogP contribution in [0.2, 0.25) is 0 Å². The normalized spacial score (nSPS) is 12.7. The van der Waals surface area contributed by atoms with E-state index in [2.05, 4.69) is 62.9 Å². The monoisotopic (exact) mass is 1040 g/mol. The molecule has 6 aromatic rings. The third kappa shape index (κ3) is 17.8. The lowest BCUT2D eigenvalue weighted by atomic mass is 9.92. The third-order valence-electron chi connectivity index (χ3n) is 12.6. The van der Waals surface area contributed by atoms with Gasteiger partial charge in [-0.1, -0.05) is 119 Å². The largest absolute Gasteiger partial charge is 0.493 e. The van der Waals surface area contributed by atoms with Crippen LogP contribution in [-0.4, -0.2) is 85.8 Å². The van der Waals surface area contributed by atoms with Gasteiger partial charge < -0.3 is 50.5 Å². The average Bonchev–Trinajstić information content (AvgIpc) is 3.88. The fourth-order valence-corrected chi connectivity index (χ4v) is 8.77. The Balaban J connectivity index is 1.25. The Morgan fingerprint density at radius 2 is 1.25 bits per heavy atom. The molecular formula is C60H78N8O8. The molecule has 0 aliphatic rings. The number of unbranched alkanes of at least 4 members (excludes halogenated alkanes) is 1. The van der Waals surface area contributed by atoms with Crippen molar-refractivity contribution in [3.63, 3.8) is 0 Å². The first-order valence-corrected chi connectivity index (χ1v) is 26.6. The van der Waals surface area contributed by atoms with Crippen LogP contribution in [-0.2, 0) is 25.5 Å². The Labute approximate surface area is 447 Å². The molecule has 5 aromatic carbocycles. The minimum absolute atomic E-state index is 0.117. The van der Waals surface area contributed by atoms with Crippen molar-refractivity contribution in [3.05, 3.63) is 127 Å². The van der Waals surface area contributed by atoms with E-state index in [1.165, 1.54) is 0 Å². The minimum atomic E-state index is -1.10. The number of rotatable bonds is 27. The highest BCUT2D eigenvalue weighted by Gasteiger charge is 2.30. The van der Waals surface area contributed by atoms with Gasteiger partial charge in [0.05, 0.1) is 12.8 Å². The molecule has 16 nitrogen and oxygen atoms in total. The van der Waals surface area contributed by atoms with Crippen LogP contribution < -0.4 is 41.4 Å². The van der Waals surface area contributed by atoms with E-state index < -0.39 is 54.1 Å². The number of carbonyl (C=O) groups is 4. The maximum atomic E-state index is 14.6. The van der Waals surface area contributed by atoms with Crippen molar-refractivity contribution in [1.82, 2.24) is 36.9 Å². The molecule has 406 valence electrons. The molecule has 6 rings (SSSR count). The van der Waals surface area contributed by atoms with Crippen LogP contribution >= 0.6 is 0 Å². The molecule has 0 fully saturated rings. The Morgan fingerprint density at radius 1 is 0.658 bits per heavy atom. The molecule has 16 heteroatoms. The van der Waals surface area contributed by atoms with Crippen LogP contribution in [0.25, 0.3) is 32.7 Å². The van der Waals surface area contributed by atoms with Crippen molar-refractivity contribution in [2.75, 3.05) is 33.4 Å². The number of oxazole rings is 1. The summed E-state index contributed by atoms with van der Waals surface area (Å²) in [5, 5.41) is 29.4. The SMILES string of the molecule is CNC(=N)NCCC[C@@H](NC(=O)[C@@H](CCCCNC(=O)OC(C)(C)C)NC(=O)COc1ccc2ccccc2c1-c1c(OCCC(C)C)ccc2ccccc12)C(=O)N[C@@H](CC(C)C)c1ncc(Cc2ccccc2)o1. The lowest BCUT2D eigenvalue weighted by Crippen LogP contribution is -2.54. The van der Waals surface area contributed by atoms with E-state index in [4.69, 9.17) is 24.0 Å². The predicted octanol–water partition coefficient (Wildman–Crippen LogP) is 10.1. The molecule has 1 heterocycles. The summed E-state index contributed by atoms with van der Waals surface area (Å²) in [7, 11) is 1.63. The maximum Gasteiger partial charge on any atom is 0.407 e. The fourth-order valence-electron chi connectivity index (χ4n) is 8.77. The highest BCUT2D eigenvalue weighted by molar-refractivity contribution is 6.10. The van der Waals surface area contributed by atoms with Crippen molar-refractivity contribution in [2.24, 2.45) is 11.8 Å². The lowest BCUT2D eigenvalue weighted by Gasteiger charge is -2.26. The summed E-state index contributed by atoms with van der Waals surface area (Å²) in [6.07, 6.45) is 4.70. The number of hydrogen-bond donors (Lipinski definition) is 7. The number of nitrogens with one attached hydrogen (secondary N) is 7. The van der Waals surface area contributed by atoms with Crippen molar-refractivity contribution in [2.45, 2.75) is 124 Å². The highest BCUT2D eigenvalue weighted by Crippen LogP contribution is 2.45. The molecule has 0 saturated carbocycles. The number of fused-ring (bicyclic) bond motifs is 2. The van der Waals surface area contributed by atoms with Gasteiger partial charge in [0.1, 0.15) is 41.0 Å². The van der Waals surface area contributed by atoms with Gasteiger partial charge in [-0.15, -0.1) is 0 Å². The Kier molecular flexibility index (Phi) is 21.5. The molecular weight excluding hydrogens is 961 g/mol. The second kappa shape index (κ2) is 28.3. The van der Waals surface area contributed by atoms with E-state index in [0.29, 0.717) is 74.3 Å². The number of hydrogen-bond acceptors (Lipinski definition) is 10. The van der Waals surface area contributed by atoms with Crippen molar-refractivity contribution in [1.29, 1.82) is 5.41 Å². The number of benzene rings is 5. The Hall–Kier alpha value is -7.62. The molecule has 0 bridgehead atoms. The molecule has 0 spiro atoms. The number of alkyl carbamates (subject to hydrolysis) is 1. The van der Waals surface area contributed by atoms with E-state index in [9.17, 15) is 19.2 Å². The van der Waals surface area contributed by atoms with E-state index in [0.717, 1.165) is 44.7 Å². The van der Waals surface area contributed by atoms with E-state index in [1.807, 2.05) is 105 Å². The second-order valence-electron chi connectivity index (χ2n) is 21.0. The molecule has 0 aliphatic carbocycles. The summed E-state index contributed by atoms with van der Waals surface area (Å²) in [4.78, 5) is 60.4. The van der Waals surface area contributed by atoms with E-state index in [1.54, 1.807) is 34.0 Å². The first-order valence-electron chi connectivity index (χ1n) is 26.6. The zero-order chi connectivity index (χ0) is 54.6. The number of ether oxygens (including phenoxy) is 3. The molecule has 4 amide bonds. The first kappa shape index (κ1) is 57.7. The average molecular weight is 1040 g/mol. The minimum Gasteiger partial charge on any atom is -0.493 e. The lowest BCUT2D eigenvalue weighted by molar-refractivity contribution is -0.133. The molecule has 76 heavy (non-hydrogen) atoms. The maximum absolute atomic E-state index is 14.6. The first-order chi connectivity index (χ1) is 36.5. The standard InChI is InChI=1S/C60H78N8O8/c1-39(2)31-34-73-50-29-27-42-21-12-14-23-45(42)53(50)54-46-24-15-13-22-43(46)28-30-51(54)74-38-52(69)66-47(25-16-17-32-64-59(72)76-60(5,6)7)55(70)67-48(26-18-33-63-58(61)62-8)56(71)68-49(35-40(3)4)57-65-37-44(75-57)36-41-19-10-9-11-20-41/h9-15,19-24,27-30,37,39-40,47-49H,16-18,25-26,31-36,38H2,1-8H3,(H,64,72)(H,66,69)(H,67,70)(H,68,71)(H3,61,62,63)/t47-,48-,49+/m1/s1. The quantitative estimate of drug-likeness (QED) is 0.0146. The summed E-state index contributed by atoms with van der Waals surface area (Å²) in [6.45, 7) is 14.5. The van der Waals surface area contributed by atoms with Gasteiger partial charge in [-0.2, -0.15) is 0 Å². The molecule has 0 unspecified atom stereocenters. The number of guanidine groups is 1. The van der Waals surface area contributed by atoms with Gasteiger partial charge in [0.15, 0.2) is 12.6 Å². The van der Waals surface area contributed by atoms with E-state index >= 15 is 0 Å². The molecule has 7 N–H and O–H groups in total. The summed E-state index contributed by atoms with van der Waals surface area (Å²) < 4.78 is 24.7. The topological polar surface area (TPSA) is 218 Å². The molecule has 0 saturated heterocycles. The highest BCUT2D eigenvalue weighted by atomic mass is 16.6. The predicted molar refractivity (Wildman–Crippen MR) is 299 cm³/mol. The van der Waals surface area contributed by atoms with Crippen LogP contribution in [0.4, 0.5) is 4.79 Å². The zero-order valence-corrected chi connectivity index (χ0v) is 45.5. The van der Waals surface area contributed by atoms with Gasteiger partial charge in [-0.3, -0.25) is 19.8 Å². The van der Waals surface area contributed by atoms with E-state index in [-0.39, 0.29) is 31.3 Å². The van der Waals surface area contributed by atoms with Crippen molar-refractivity contribution >= 4 is 51.3 Å². The molecule has 3 atom stereocenters. The Morgan fingerprint density at radius 3 is 1.88 bits per heavy atom. The van der Waals surface area contributed by atoms with Gasteiger partial charge in [-0.05, 0) is 117 Å². The smallest absolute Gasteiger partial charge is 0.407 e. The number of aromatic nitrogens is 1. The van der Waals surface area contributed by atoms with Crippen LogP contribution in [0.15, 0.2) is 114 Å². The van der Waals surface area contributed by atoms with Gasteiger partial charge >= 0.3 is 6.09 Å². The molecule has 0 aliphatic heterocycles. The zero-order valence-electron chi connectivity index (χ0n) is 45.5. The summed E-state index contributed by atoms with van der Waals surface area (Å²) >= 11 is 0. The van der Waals surface area contributed by atoms with Gasteiger partial charge in [-0.25, -0.2) is 9.78 Å². The van der Waals surface area contributed by atoms with Crippen LogP contribution in [0, 0.1) is 17.2 Å². The fraction of sp³-hybridized carbons (Fsp3) is 0.433.